The van der Waals surface area contributed by atoms with Crippen LogP contribution in [-0.4, -0.2) is 31.2 Å². The second-order valence-electron chi connectivity index (χ2n) is 7.79. The molecule has 3 aromatic rings. The summed E-state index contributed by atoms with van der Waals surface area (Å²) in [6.07, 6.45) is -3.51. The van der Waals surface area contributed by atoms with Crippen molar-refractivity contribution < 1.29 is 13.2 Å². The van der Waals surface area contributed by atoms with E-state index in [4.69, 9.17) is 12.2 Å². The Morgan fingerprint density at radius 1 is 1.06 bits per heavy atom. The normalized spacial score (nSPS) is 11.6. The standard InChI is InChI=1S/C22H27F3N6S/c1-14-11-15(2)30(28-14)10-6-9-26-21(32)27-20-16(3)29-31(17(20)4)13-18-7-5-8-19(12-18)22(23,24)25/h5,7-8,11-12H,6,9-10,13H2,1-4H3,(H2,26,27,32). The molecule has 0 bridgehead atoms. The van der Waals surface area contributed by atoms with Crippen LogP contribution in [-0.2, 0) is 19.3 Å². The van der Waals surface area contributed by atoms with Crippen molar-refractivity contribution in [3.63, 3.8) is 0 Å². The Labute approximate surface area is 190 Å². The number of hydrogen-bond donors (Lipinski definition) is 2. The topological polar surface area (TPSA) is 59.7 Å². The quantitative estimate of drug-likeness (QED) is 0.390. The first-order valence-electron chi connectivity index (χ1n) is 10.3. The Morgan fingerprint density at radius 3 is 2.47 bits per heavy atom. The van der Waals surface area contributed by atoms with Crippen LogP contribution in [0.5, 0.6) is 0 Å². The Morgan fingerprint density at radius 2 is 1.81 bits per heavy atom. The molecule has 0 fully saturated rings. The van der Waals surface area contributed by atoms with E-state index in [2.05, 4.69) is 20.8 Å². The number of aryl methyl sites for hydroxylation is 4. The third-order valence-corrected chi connectivity index (χ3v) is 5.39. The van der Waals surface area contributed by atoms with Gasteiger partial charge in [0.1, 0.15) is 0 Å². The van der Waals surface area contributed by atoms with Crippen LogP contribution in [0.3, 0.4) is 0 Å². The van der Waals surface area contributed by atoms with Gasteiger partial charge >= 0.3 is 6.18 Å². The number of nitrogens with one attached hydrogen (secondary N) is 2. The van der Waals surface area contributed by atoms with Crippen molar-refractivity contribution >= 4 is 23.0 Å². The van der Waals surface area contributed by atoms with Crippen molar-refractivity contribution in [3.8, 4) is 0 Å². The molecule has 2 heterocycles. The summed E-state index contributed by atoms with van der Waals surface area (Å²) in [5.74, 6) is 0. The number of rotatable bonds is 7. The van der Waals surface area contributed by atoms with Gasteiger partial charge in [-0.1, -0.05) is 12.1 Å². The molecular weight excluding hydrogens is 437 g/mol. The molecule has 0 aliphatic heterocycles. The van der Waals surface area contributed by atoms with Gasteiger partial charge in [-0.2, -0.15) is 23.4 Å². The molecule has 2 aromatic heterocycles. The van der Waals surface area contributed by atoms with Crippen LogP contribution in [0.2, 0.25) is 0 Å². The highest BCUT2D eigenvalue weighted by Gasteiger charge is 2.30. The molecular formula is C22H27F3N6S. The maximum atomic E-state index is 13.0. The van der Waals surface area contributed by atoms with E-state index in [0.717, 1.165) is 53.6 Å². The number of nitrogens with zero attached hydrogens (tertiary/aromatic N) is 4. The number of aromatic nitrogens is 4. The first-order chi connectivity index (χ1) is 15.0. The third kappa shape index (κ3) is 5.87. The van der Waals surface area contributed by atoms with Gasteiger partial charge in [-0.05, 0) is 70.1 Å². The van der Waals surface area contributed by atoms with Crippen LogP contribution in [0.25, 0.3) is 0 Å². The van der Waals surface area contributed by atoms with Crippen LogP contribution in [0.15, 0.2) is 30.3 Å². The lowest BCUT2D eigenvalue weighted by Gasteiger charge is -2.12. The number of hydrogen-bond acceptors (Lipinski definition) is 3. The van der Waals surface area contributed by atoms with E-state index in [1.54, 1.807) is 10.7 Å². The average molecular weight is 465 g/mol. The van der Waals surface area contributed by atoms with Gasteiger partial charge in [-0.3, -0.25) is 9.36 Å². The summed E-state index contributed by atoms with van der Waals surface area (Å²) in [5.41, 5.74) is 4.27. The summed E-state index contributed by atoms with van der Waals surface area (Å²) in [6.45, 7) is 9.41. The van der Waals surface area contributed by atoms with Crippen LogP contribution in [0, 0.1) is 27.7 Å². The van der Waals surface area contributed by atoms with Gasteiger partial charge in [0, 0.05) is 18.8 Å². The second-order valence-corrected chi connectivity index (χ2v) is 8.19. The van der Waals surface area contributed by atoms with E-state index in [1.165, 1.54) is 6.07 Å². The maximum absolute atomic E-state index is 13.0. The van der Waals surface area contributed by atoms with E-state index >= 15 is 0 Å². The van der Waals surface area contributed by atoms with Crippen LogP contribution >= 0.6 is 12.2 Å². The van der Waals surface area contributed by atoms with E-state index in [9.17, 15) is 13.2 Å². The largest absolute Gasteiger partial charge is 0.416 e. The molecule has 1 aromatic carbocycles. The van der Waals surface area contributed by atoms with E-state index in [1.807, 2.05) is 38.4 Å². The summed E-state index contributed by atoms with van der Waals surface area (Å²) in [6, 6.07) is 7.33. The minimum Gasteiger partial charge on any atom is -0.362 e. The number of thiocarbonyl (C=S) groups is 1. The highest BCUT2D eigenvalue weighted by atomic mass is 32.1. The lowest BCUT2D eigenvalue weighted by atomic mass is 10.1. The van der Waals surface area contributed by atoms with E-state index in [-0.39, 0.29) is 6.54 Å². The summed E-state index contributed by atoms with van der Waals surface area (Å²) >= 11 is 5.41. The number of alkyl halides is 3. The first kappa shape index (κ1) is 23.8. The predicted octanol–water partition coefficient (Wildman–Crippen LogP) is 4.76. The lowest BCUT2D eigenvalue weighted by molar-refractivity contribution is -0.137. The summed E-state index contributed by atoms with van der Waals surface area (Å²) < 4.78 is 42.6. The van der Waals surface area contributed by atoms with Crippen molar-refractivity contribution in [3.05, 3.63) is 64.2 Å². The zero-order chi connectivity index (χ0) is 23.5. The van der Waals surface area contributed by atoms with Crippen LogP contribution < -0.4 is 10.6 Å². The van der Waals surface area contributed by atoms with Gasteiger partial charge in [0.15, 0.2) is 5.11 Å². The van der Waals surface area contributed by atoms with E-state index < -0.39 is 11.7 Å². The molecule has 0 unspecified atom stereocenters. The molecule has 172 valence electrons. The van der Waals surface area contributed by atoms with Crippen molar-refractivity contribution in [2.45, 2.75) is 53.4 Å². The Hall–Kier alpha value is -2.88. The summed E-state index contributed by atoms with van der Waals surface area (Å²) in [5, 5.41) is 15.7. The minimum absolute atomic E-state index is 0.237. The van der Waals surface area contributed by atoms with Gasteiger partial charge < -0.3 is 10.6 Å². The van der Waals surface area contributed by atoms with Crippen molar-refractivity contribution in [1.82, 2.24) is 24.9 Å². The molecule has 0 saturated carbocycles. The number of benzene rings is 1. The zero-order valence-electron chi connectivity index (χ0n) is 18.5. The monoisotopic (exact) mass is 464 g/mol. The molecule has 0 amide bonds. The lowest BCUT2D eigenvalue weighted by Crippen LogP contribution is -2.30. The Bertz CT molecular complexity index is 1100. The van der Waals surface area contributed by atoms with Crippen molar-refractivity contribution in [1.29, 1.82) is 0 Å². The average Bonchev–Trinajstić information content (AvgIpc) is 3.17. The number of halogens is 3. The molecule has 6 nitrogen and oxygen atoms in total. The van der Waals surface area contributed by atoms with Gasteiger partial charge in [0.2, 0.25) is 0 Å². The SMILES string of the molecule is Cc1cc(C)n(CCCNC(=S)Nc2c(C)nn(Cc3cccc(C(F)(F)F)c3)c2C)n1. The van der Waals surface area contributed by atoms with Gasteiger partial charge in [-0.15, -0.1) is 0 Å². The van der Waals surface area contributed by atoms with Gasteiger partial charge in [-0.25, -0.2) is 0 Å². The number of anilines is 1. The molecule has 32 heavy (non-hydrogen) atoms. The molecule has 2 N–H and O–H groups in total. The summed E-state index contributed by atoms with van der Waals surface area (Å²) in [4.78, 5) is 0. The Balaban J connectivity index is 1.57. The fourth-order valence-electron chi connectivity index (χ4n) is 3.54. The summed E-state index contributed by atoms with van der Waals surface area (Å²) in [7, 11) is 0. The smallest absolute Gasteiger partial charge is 0.362 e. The van der Waals surface area contributed by atoms with Gasteiger partial charge in [0.05, 0.1) is 34.9 Å². The highest BCUT2D eigenvalue weighted by Crippen LogP contribution is 2.30. The minimum atomic E-state index is -4.37. The first-order valence-corrected chi connectivity index (χ1v) is 10.7. The fourth-order valence-corrected chi connectivity index (χ4v) is 3.74. The molecule has 0 spiro atoms. The molecule has 3 rings (SSSR count). The van der Waals surface area contributed by atoms with Crippen LogP contribution in [0.4, 0.5) is 18.9 Å². The third-order valence-electron chi connectivity index (χ3n) is 5.14. The Kier molecular flexibility index (Phi) is 7.22. The van der Waals surface area contributed by atoms with Crippen LogP contribution in [0.1, 0.15) is 40.3 Å². The molecule has 0 saturated heterocycles. The second kappa shape index (κ2) is 9.72. The van der Waals surface area contributed by atoms with Crippen molar-refractivity contribution in [2.24, 2.45) is 0 Å². The molecule has 0 aliphatic carbocycles. The molecule has 0 radical (unpaired) electrons. The van der Waals surface area contributed by atoms with E-state index in [0.29, 0.717) is 17.2 Å². The maximum Gasteiger partial charge on any atom is 0.416 e. The van der Waals surface area contributed by atoms with Gasteiger partial charge in [0.25, 0.3) is 0 Å². The molecule has 0 aliphatic rings. The fraction of sp³-hybridized carbons (Fsp3) is 0.409. The van der Waals surface area contributed by atoms with Crippen molar-refractivity contribution in [2.75, 3.05) is 11.9 Å². The molecule has 0 atom stereocenters. The molecule has 10 heteroatoms. The highest BCUT2D eigenvalue weighted by molar-refractivity contribution is 7.80. The predicted molar refractivity (Wildman–Crippen MR) is 123 cm³/mol. The zero-order valence-corrected chi connectivity index (χ0v) is 19.4.